The number of rotatable bonds is 12. The van der Waals surface area contributed by atoms with Gasteiger partial charge in [0.15, 0.2) is 9.84 Å². The van der Waals surface area contributed by atoms with Crippen molar-refractivity contribution in [3.63, 3.8) is 0 Å². The van der Waals surface area contributed by atoms with Gasteiger partial charge in [-0.05, 0) is 12.8 Å². The third-order valence-electron chi connectivity index (χ3n) is 2.78. The van der Waals surface area contributed by atoms with Crippen LogP contribution in [0.1, 0.15) is 51.4 Å². The van der Waals surface area contributed by atoms with Gasteiger partial charge in [0.05, 0.1) is 5.75 Å². The van der Waals surface area contributed by atoms with Gasteiger partial charge >= 0.3 is 0 Å². The van der Waals surface area contributed by atoms with Crippen LogP contribution in [0, 0.1) is 0 Å². The largest absolute Gasteiger partial charge is 0.396 e. The summed E-state index contributed by atoms with van der Waals surface area (Å²) in [6.07, 6.45) is 8.79. The van der Waals surface area contributed by atoms with Crippen LogP contribution >= 0.6 is 31.9 Å². The fraction of sp³-hybridized carbons (Fsp3) is 1.00. The average molecular weight is 408 g/mol. The first-order valence-corrected chi connectivity index (χ1v) is 10.4. The molecule has 110 valence electrons. The number of hydrogen-bond donors (Lipinski definition) is 1. The fourth-order valence-corrected chi connectivity index (χ4v) is 4.66. The summed E-state index contributed by atoms with van der Waals surface area (Å²) in [4.78, 5) is 0.0782. The number of hydrogen-bond acceptors (Lipinski definition) is 3. The molecule has 0 aliphatic heterocycles. The van der Waals surface area contributed by atoms with Crippen molar-refractivity contribution in [1.29, 1.82) is 0 Å². The third-order valence-corrected chi connectivity index (χ3v) is 7.32. The number of aliphatic hydroxyl groups excluding tert-OH is 1. The van der Waals surface area contributed by atoms with Crippen molar-refractivity contribution in [3.05, 3.63) is 0 Å². The molecular weight excluding hydrogens is 384 g/mol. The standard InChI is InChI=1S/C12H24Br2O3S/c13-11-18(16,17)10-12(14)8-6-4-2-1-3-5-7-9-15/h12,15H,1-11H2. The summed E-state index contributed by atoms with van der Waals surface area (Å²) in [5, 5.41) is 8.62. The summed E-state index contributed by atoms with van der Waals surface area (Å²) in [7, 11) is -2.93. The zero-order chi connectivity index (χ0) is 13.9. The molecule has 0 saturated heterocycles. The van der Waals surface area contributed by atoms with Crippen LogP contribution in [0.2, 0.25) is 0 Å². The molecule has 0 aliphatic carbocycles. The molecule has 0 aromatic carbocycles. The normalized spacial score (nSPS) is 13.7. The Kier molecular flexibility index (Phi) is 12.2. The van der Waals surface area contributed by atoms with Crippen molar-refractivity contribution in [2.45, 2.75) is 56.2 Å². The molecular formula is C12H24Br2O3S. The highest BCUT2D eigenvalue weighted by atomic mass is 79.9. The highest BCUT2D eigenvalue weighted by molar-refractivity contribution is 9.11. The Hall–Kier alpha value is 0.870. The summed E-state index contributed by atoms with van der Waals surface area (Å²) in [5.41, 5.74) is 0. The van der Waals surface area contributed by atoms with E-state index in [0.29, 0.717) is 6.61 Å². The number of alkyl halides is 2. The predicted molar refractivity (Wildman–Crippen MR) is 84.3 cm³/mol. The number of unbranched alkanes of at least 4 members (excludes halogenated alkanes) is 6. The minimum absolute atomic E-state index is 0.0486. The second-order valence-corrected chi connectivity index (χ2v) is 9.31. The SMILES string of the molecule is O=S(=O)(CBr)CC(Br)CCCCCCCCCO. The third kappa shape index (κ3) is 11.9. The Balaban J connectivity index is 3.38. The van der Waals surface area contributed by atoms with Gasteiger partial charge in [-0.15, -0.1) is 0 Å². The fourth-order valence-electron chi connectivity index (χ4n) is 1.76. The molecule has 0 aromatic rings. The Labute approximate surface area is 128 Å². The van der Waals surface area contributed by atoms with Gasteiger partial charge < -0.3 is 5.11 Å². The van der Waals surface area contributed by atoms with Crippen LogP contribution < -0.4 is 0 Å². The molecule has 18 heavy (non-hydrogen) atoms. The van der Waals surface area contributed by atoms with E-state index in [1.54, 1.807) is 0 Å². The van der Waals surface area contributed by atoms with Crippen molar-refractivity contribution in [3.8, 4) is 0 Å². The van der Waals surface area contributed by atoms with Crippen LogP contribution in [-0.4, -0.2) is 35.4 Å². The molecule has 0 bridgehead atoms. The van der Waals surface area contributed by atoms with Crippen LogP contribution in [0.15, 0.2) is 0 Å². The van der Waals surface area contributed by atoms with E-state index < -0.39 is 9.84 Å². The summed E-state index contributed by atoms with van der Waals surface area (Å²) in [5.74, 6) is 0.217. The number of sulfone groups is 1. The topological polar surface area (TPSA) is 54.4 Å². The van der Waals surface area contributed by atoms with Crippen molar-refractivity contribution in [2.75, 3.05) is 17.0 Å². The summed E-state index contributed by atoms with van der Waals surface area (Å²) in [6.45, 7) is 0.299. The maximum Gasteiger partial charge on any atom is 0.161 e. The van der Waals surface area contributed by atoms with Gasteiger partial charge in [-0.2, -0.15) is 0 Å². The predicted octanol–water partition coefficient (Wildman–Crippen LogP) is 3.63. The van der Waals surface area contributed by atoms with Gasteiger partial charge in [-0.1, -0.05) is 70.4 Å². The molecule has 0 heterocycles. The molecule has 1 atom stereocenters. The van der Waals surface area contributed by atoms with Crippen LogP contribution in [0.3, 0.4) is 0 Å². The van der Waals surface area contributed by atoms with Crippen molar-refractivity contribution in [2.24, 2.45) is 0 Å². The first kappa shape index (κ1) is 18.9. The molecule has 0 aromatic heterocycles. The quantitative estimate of drug-likeness (QED) is 0.397. The molecule has 0 rings (SSSR count). The molecule has 0 saturated carbocycles. The number of halogens is 2. The molecule has 3 nitrogen and oxygen atoms in total. The lowest BCUT2D eigenvalue weighted by Gasteiger charge is -2.08. The van der Waals surface area contributed by atoms with E-state index in [0.717, 1.165) is 32.1 Å². The van der Waals surface area contributed by atoms with Gasteiger partial charge in [0.1, 0.15) is 4.66 Å². The minimum atomic E-state index is -2.93. The Morgan fingerprint density at radius 1 is 0.944 bits per heavy atom. The van der Waals surface area contributed by atoms with E-state index >= 15 is 0 Å². The van der Waals surface area contributed by atoms with Crippen LogP contribution in [-0.2, 0) is 9.84 Å². The van der Waals surface area contributed by atoms with E-state index in [1.807, 2.05) is 0 Å². The van der Waals surface area contributed by atoms with Gasteiger partial charge in [0.25, 0.3) is 0 Å². The lowest BCUT2D eigenvalue weighted by atomic mass is 10.1. The zero-order valence-corrected chi connectivity index (χ0v) is 14.8. The Morgan fingerprint density at radius 3 is 1.94 bits per heavy atom. The summed E-state index contributed by atoms with van der Waals surface area (Å²) >= 11 is 6.43. The second kappa shape index (κ2) is 11.7. The average Bonchev–Trinajstić information content (AvgIpc) is 2.32. The molecule has 0 spiro atoms. The van der Waals surface area contributed by atoms with Crippen molar-refractivity contribution in [1.82, 2.24) is 0 Å². The molecule has 0 aliphatic rings. The Bertz CT molecular complexity index is 281. The van der Waals surface area contributed by atoms with Crippen molar-refractivity contribution >= 4 is 41.7 Å². The Morgan fingerprint density at radius 2 is 1.44 bits per heavy atom. The van der Waals surface area contributed by atoms with Crippen molar-refractivity contribution < 1.29 is 13.5 Å². The van der Waals surface area contributed by atoms with E-state index in [4.69, 9.17) is 5.11 Å². The van der Waals surface area contributed by atoms with E-state index in [-0.39, 0.29) is 15.2 Å². The van der Waals surface area contributed by atoms with E-state index in [1.165, 1.54) is 19.3 Å². The van der Waals surface area contributed by atoms with Gasteiger partial charge in [-0.25, -0.2) is 8.42 Å². The van der Waals surface area contributed by atoms with Gasteiger partial charge in [0, 0.05) is 11.4 Å². The van der Waals surface area contributed by atoms with Crippen LogP contribution in [0.4, 0.5) is 0 Å². The second-order valence-electron chi connectivity index (χ2n) is 4.60. The monoisotopic (exact) mass is 406 g/mol. The van der Waals surface area contributed by atoms with E-state index in [2.05, 4.69) is 31.9 Å². The maximum absolute atomic E-state index is 11.3. The van der Waals surface area contributed by atoms with Crippen LogP contribution in [0.25, 0.3) is 0 Å². The molecule has 6 heteroatoms. The highest BCUT2D eigenvalue weighted by Gasteiger charge is 2.15. The molecule has 1 unspecified atom stereocenters. The molecule has 0 amide bonds. The minimum Gasteiger partial charge on any atom is -0.396 e. The van der Waals surface area contributed by atoms with Gasteiger partial charge in [-0.3, -0.25) is 0 Å². The number of aliphatic hydroxyl groups is 1. The summed E-state index contributed by atoms with van der Waals surface area (Å²) < 4.78 is 22.7. The smallest absolute Gasteiger partial charge is 0.161 e. The van der Waals surface area contributed by atoms with Crippen LogP contribution in [0.5, 0.6) is 0 Å². The lowest BCUT2D eigenvalue weighted by molar-refractivity contribution is 0.282. The maximum atomic E-state index is 11.3. The first-order valence-electron chi connectivity index (χ1n) is 6.53. The molecule has 1 N–H and O–H groups in total. The lowest BCUT2D eigenvalue weighted by Crippen LogP contribution is -2.16. The zero-order valence-electron chi connectivity index (χ0n) is 10.8. The van der Waals surface area contributed by atoms with Gasteiger partial charge in [0.2, 0.25) is 0 Å². The first-order chi connectivity index (χ1) is 8.52. The summed E-state index contributed by atoms with van der Waals surface area (Å²) in [6, 6.07) is 0. The molecule has 0 fully saturated rings. The highest BCUT2D eigenvalue weighted by Crippen LogP contribution is 2.16. The molecule has 0 radical (unpaired) electrons. The van der Waals surface area contributed by atoms with E-state index in [9.17, 15) is 8.42 Å².